The van der Waals surface area contributed by atoms with Gasteiger partial charge in [-0.05, 0) is 30.9 Å². The largest absolute Gasteiger partial charge is 0.294 e. The molecule has 0 spiro atoms. The topological polar surface area (TPSA) is 17.1 Å². The Morgan fingerprint density at radius 2 is 2.55 bits per heavy atom. The van der Waals surface area contributed by atoms with Gasteiger partial charge in [-0.15, -0.1) is 0 Å². The minimum atomic E-state index is 0.229. The molecule has 0 saturated heterocycles. The molecule has 60 valence electrons. The minimum absolute atomic E-state index is 0.229. The maximum Gasteiger partial charge on any atom is 0.165 e. The highest BCUT2D eigenvalue weighted by Crippen LogP contribution is 2.15. The summed E-state index contributed by atoms with van der Waals surface area (Å²) in [6.45, 7) is 0. The summed E-state index contributed by atoms with van der Waals surface area (Å²) in [6.07, 6.45) is 9.39. The molecule has 0 aromatic carbocycles. The summed E-state index contributed by atoms with van der Waals surface area (Å²) in [6, 6.07) is 0. The molecular weight excluding hydrogens is 251 g/mol. The summed E-state index contributed by atoms with van der Waals surface area (Å²) in [5, 5.41) is 0. The van der Waals surface area contributed by atoms with Gasteiger partial charge in [0.2, 0.25) is 0 Å². The average Bonchev–Trinajstić information content (AvgIpc) is 2.06. The molecule has 0 atom stereocenters. The Morgan fingerprint density at radius 1 is 1.73 bits per heavy atom. The SMILES string of the molecule is O=C(/C=C1/C=CCCC1)CI. The van der Waals surface area contributed by atoms with Crippen molar-refractivity contribution in [1.29, 1.82) is 0 Å². The Morgan fingerprint density at radius 3 is 3.09 bits per heavy atom. The van der Waals surface area contributed by atoms with Gasteiger partial charge in [0.1, 0.15) is 0 Å². The number of rotatable bonds is 2. The average molecular weight is 262 g/mol. The van der Waals surface area contributed by atoms with Crippen LogP contribution in [0.4, 0.5) is 0 Å². The Kier molecular flexibility index (Phi) is 3.83. The summed E-state index contributed by atoms with van der Waals surface area (Å²) in [5.41, 5.74) is 1.19. The molecule has 0 unspecified atom stereocenters. The van der Waals surface area contributed by atoms with Gasteiger partial charge in [-0.25, -0.2) is 0 Å². The second-order valence-corrected chi connectivity index (χ2v) is 3.38. The number of ketones is 1. The van der Waals surface area contributed by atoms with Gasteiger partial charge >= 0.3 is 0 Å². The molecule has 2 heteroatoms. The maximum absolute atomic E-state index is 11.0. The quantitative estimate of drug-likeness (QED) is 0.425. The van der Waals surface area contributed by atoms with Crippen LogP contribution in [0.3, 0.4) is 0 Å². The summed E-state index contributed by atoms with van der Waals surface area (Å²) in [4.78, 5) is 11.0. The van der Waals surface area contributed by atoms with Gasteiger partial charge < -0.3 is 0 Å². The van der Waals surface area contributed by atoms with Gasteiger partial charge in [-0.1, -0.05) is 34.7 Å². The summed E-state index contributed by atoms with van der Waals surface area (Å²) >= 11 is 2.09. The lowest BCUT2D eigenvalue weighted by Gasteiger charge is -2.05. The number of alkyl halides is 1. The molecule has 0 saturated carbocycles. The fraction of sp³-hybridized carbons (Fsp3) is 0.444. The van der Waals surface area contributed by atoms with E-state index in [1.54, 1.807) is 6.08 Å². The van der Waals surface area contributed by atoms with E-state index in [-0.39, 0.29) is 5.78 Å². The molecule has 1 rings (SSSR count). The van der Waals surface area contributed by atoms with Crippen molar-refractivity contribution in [2.75, 3.05) is 4.43 Å². The zero-order chi connectivity index (χ0) is 8.10. The monoisotopic (exact) mass is 262 g/mol. The van der Waals surface area contributed by atoms with E-state index >= 15 is 0 Å². The van der Waals surface area contributed by atoms with E-state index < -0.39 is 0 Å². The van der Waals surface area contributed by atoms with Crippen LogP contribution in [0.2, 0.25) is 0 Å². The van der Waals surface area contributed by atoms with Crippen molar-refractivity contribution in [2.45, 2.75) is 19.3 Å². The minimum Gasteiger partial charge on any atom is -0.294 e. The van der Waals surface area contributed by atoms with E-state index in [1.165, 1.54) is 12.0 Å². The third-order valence-corrected chi connectivity index (χ3v) is 2.40. The molecule has 0 amide bonds. The predicted octanol–water partition coefficient (Wildman–Crippen LogP) is 2.66. The van der Waals surface area contributed by atoms with Gasteiger partial charge in [0.15, 0.2) is 5.78 Å². The highest BCUT2D eigenvalue weighted by atomic mass is 127. The number of hydrogen-bond acceptors (Lipinski definition) is 1. The van der Waals surface area contributed by atoms with E-state index in [0.29, 0.717) is 4.43 Å². The third-order valence-electron chi connectivity index (χ3n) is 1.65. The normalized spacial score (nSPS) is 20.6. The van der Waals surface area contributed by atoms with Gasteiger partial charge in [-0.3, -0.25) is 4.79 Å². The van der Waals surface area contributed by atoms with E-state index in [4.69, 9.17) is 0 Å². The highest BCUT2D eigenvalue weighted by Gasteiger charge is 2.00. The lowest BCUT2D eigenvalue weighted by atomic mass is 10.0. The molecule has 1 aliphatic carbocycles. The second kappa shape index (κ2) is 4.70. The highest BCUT2D eigenvalue weighted by molar-refractivity contribution is 14.1. The Hall–Kier alpha value is -0.120. The van der Waals surface area contributed by atoms with Crippen LogP contribution in [0, 0.1) is 0 Å². The molecule has 0 radical (unpaired) electrons. The van der Waals surface area contributed by atoms with Gasteiger partial charge in [0, 0.05) is 0 Å². The number of carbonyl (C=O) groups excluding carboxylic acids is 1. The van der Waals surface area contributed by atoms with Crippen LogP contribution < -0.4 is 0 Å². The van der Waals surface area contributed by atoms with Gasteiger partial charge in [0.25, 0.3) is 0 Å². The third kappa shape index (κ3) is 3.18. The van der Waals surface area contributed by atoms with Crippen molar-refractivity contribution in [3.8, 4) is 0 Å². The molecular formula is C9H11IO. The first-order chi connectivity index (χ1) is 5.33. The number of carbonyl (C=O) groups is 1. The van der Waals surface area contributed by atoms with Gasteiger partial charge in [0.05, 0.1) is 4.43 Å². The van der Waals surface area contributed by atoms with Gasteiger partial charge in [-0.2, -0.15) is 0 Å². The first kappa shape index (κ1) is 8.97. The molecule has 1 nitrogen and oxygen atoms in total. The van der Waals surface area contributed by atoms with Crippen molar-refractivity contribution >= 4 is 28.4 Å². The van der Waals surface area contributed by atoms with E-state index in [1.807, 2.05) is 0 Å². The fourth-order valence-corrected chi connectivity index (χ4v) is 1.33. The fourth-order valence-electron chi connectivity index (χ4n) is 1.11. The van der Waals surface area contributed by atoms with Crippen LogP contribution in [0.5, 0.6) is 0 Å². The molecule has 0 fully saturated rings. The number of allylic oxidation sites excluding steroid dienone is 4. The summed E-state index contributed by atoms with van der Waals surface area (Å²) in [5.74, 6) is 0.229. The molecule has 0 aliphatic heterocycles. The smallest absolute Gasteiger partial charge is 0.165 e. The Balaban J connectivity index is 2.57. The van der Waals surface area contributed by atoms with E-state index in [2.05, 4.69) is 34.7 Å². The van der Waals surface area contributed by atoms with Crippen molar-refractivity contribution in [3.05, 3.63) is 23.8 Å². The Bertz CT molecular complexity index is 204. The first-order valence-corrected chi connectivity index (χ1v) is 5.31. The lowest BCUT2D eigenvalue weighted by molar-refractivity contribution is -0.112. The molecule has 1 aliphatic rings. The van der Waals surface area contributed by atoms with Crippen molar-refractivity contribution in [1.82, 2.24) is 0 Å². The zero-order valence-corrected chi connectivity index (χ0v) is 8.50. The molecule has 0 aromatic heterocycles. The van der Waals surface area contributed by atoms with E-state index in [0.717, 1.165) is 12.8 Å². The van der Waals surface area contributed by atoms with Crippen LogP contribution in [-0.2, 0) is 4.79 Å². The molecule has 0 aromatic rings. The molecule has 0 N–H and O–H groups in total. The molecule has 11 heavy (non-hydrogen) atoms. The summed E-state index contributed by atoms with van der Waals surface area (Å²) in [7, 11) is 0. The van der Waals surface area contributed by atoms with Crippen molar-refractivity contribution < 1.29 is 4.79 Å². The predicted molar refractivity (Wildman–Crippen MR) is 55.0 cm³/mol. The van der Waals surface area contributed by atoms with Crippen LogP contribution in [-0.4, -0.2) is 10.2 Å². The number of hydrogen-bond donors (Lipinski definition) is 0. The summed E-state index contributed by atoms with van der Waals surface area (Å²) < 4.78 is 0.592. The van der Waals surface area contributed by atoms with E-state index in [9.17, 15) is 4.79 Å². The van der Waals surface area contributed by atoms with Crippen molar-refractivity contribution in [3.63, 3.8) is 0 Å². The number of halogens is 1. The standard InChI is InChI=1S/C9H11IO/c10-7-9(11)6-8-4-2-1-3-5-8/h2,4,6H,1,3,5,7H2/b8-6-. The zero-order valence-electron chi connectivity index (χ0n) is 6.35. The second-order valence-electron chi connectivity index (χ2n) is 2.61. The maximum atomic E-state index is 11.0. The molecule has 0 bridgehead atoms. The lowest BCUT2D eigenvalue weighted by Crippen LogP contribution is -1.96. The van der Waals surface area contributed by atoms with Crippen LogP contribution in [0.25, 0.3) is 0 Å². The first-order valence-electron chi connectivity index (χ1n) is 3.79. The van der Waals surface area contributed by atoms with Crippen LogP contribution in [0.1, 0.15) is 19.3 Å². The van der Waals surface area contributed by atoms with Crippen LogP contribution in [0.15, 0.2) is 23.8 Å². The Labute approximate surface area is 80.7 Å². The molecule has 0 heterocycles. The van der Waals surface area contributed by atoms with Crippen LogP contribution >= 0.6 is 22.6 Å². The van der Waals surface area contributed by atoms with Crippen molar-refractivity contribution in [2.24, 2.45) is 0 Å².